The molecule has 2 saturated carbocycles. The molecule has 2 aromatic heterocycles. The third-order valence-corrected chi connectivity index (χ3v) is 30.2. The van der Waals surface area contributed by atoms with E-state index in [-0.39, 0.29) is 85.9 Å². The number of hydrogen-bond acceptors (Lipinski definition) is 20. The van der Waals surface area contributed by atoms with Crippen LogP contribution in [0, 0.1) is 35.5 Å². The molecule has 4 amide bonds. The Hall–Kier alpha value is -8.19. The quantitative estimate of drug-likeness (QED) is 0.0900. The molecule has 30 heteroatoms. The fraction of sp³-hybridized carbons (Fsp3) is 0.541. The number of carbonyl (C=O) groups is 5. The highest BCUT2D eigenvalue weighted by atomic mass is 35.5. The van der Waals surface area contributed by atoms with E-state index in [1.54, 1.807) is 45.5 Å². The number of benzene rings is 4. The second-order valence-electron chi connectivity index (χ2n) is 33.5. The first-order valence-corrected chi connectivity index (χ1v) is 44.4. The van der Waals surface area contributed by atoms with Crippen LogP contribution < -0.4 is 38.2 Å². The van der Waals surface area contributed by atoms with Crippen LogP contribution in [0.5, 0.6) is 23.3 Å². The lowest BCUT2D eigenvalue weighted by Crippen LogP contribution is -2.62. The van der Waals surface area contributed by atoms with Gasteiger partial charge in [-0.05, 0) is 196 Å². The Balaban J connectivity index is 0.000000183. The number of ether oxygens (including phenoxy) is 7. The van der Waals surface area contributed by atoms with Gasteiger partial charge in [-0.2, -0.15) is 0 Å². The number of allylic oxidation sites excluding steroid dienone is 2. The monoisotopic (exact) mass is 1650 g/mol. The lowest BCUT2D eigenvalue weighted by molar-refractivity contribution is -0.136. The van der Waals surface area contributed by atoms with E-state index in [0.717, 1.165) is 139 Å². The summed E-state index contributed by atoms with van der Waals surface area (Å²) in [5.74, 6) is -1.54. The summed E-state index contributed by atoms with van der Waals surface area (Å²) in [5, 5.41) is 9.77. The second kappa shape index (κ2) is 33.7. The maximum Gasteiger partial charge on any atom is 0.286 e. The van der Waals surface area contributed by atoms with Crippen molar-refractivity contribution in [1.82, 2.24) is 38.8 Å². The predicted molar refractivity (Wildman–Crippen MR) is 441 cm³/mol. The van der Waals surface area contributed by atoms with Gasteiger partial charge < -0.3 is 43.0 Å². The number of nitrogens with one attached hydrogen (secondary N) is 2. The van der Waals surface area contributed by atoms with Crippen molar-refractivity contribution in [3.63, 3.8) is 0 Å². The predicted octanol–water partition coefficient (Wildman–Crippen LogP) is 11.2. The van der Waals surface area contributed by atoms with Crippen molar-refractivity contribution < 1.29 is 65.5 Å². The molecule has 2 N–H and O–H groups in total. The van der Waals surface area contributed by atoms with Gasteiger partial charge in [0.05, 0.1) is 63.5 Å². The summed E-state index contributed by atoms with van der Waals surface area (Å²) < 4.78 is 89.1. The number of carbonyl (C=O) groups excluding carboxylic acids is 5. The maximum atomic E-state index is 15.0. The Kier molecular flexibility index (Phi) is 24.0. The Morgan fingerprint density at radius 3 is 1.63 bits per heavy atom. The van der Waals surface area contributed by atoms with Gasteiger partial charge in [-0.1, -0.05) is 67.4 Å². The van der Waals surface area contributed by atoms with Gasteiger partial charge in [0.25, 0.3) is 23.6 Å². The fourth-order valence-corrected chi connectivity index (χ4v) is 23.8. The molecule has 16 rings (SSSR count). The van der Waals surface area contributed by atoms with Crippen LogP contribution in [0.3, 0.4) is 0 Å². The SMILES string of the molecule is COc1nn(C)cc1C(=O)NS1(=O)=NC(=O)c2ccc3c(c2)N(C[C@@H]2CC[C@H]2[C@@](C=O)(OC)/C=C/C[C@H](C)C1)C[C@@]1(CCCc2cc(Cl)ccc21)CO3.COc1nn(C)cc1C(=O)NS1(=O)=NC(=O)c2ccc3c(c2)N(C[C@@H]2CC[C@H]2[C@@](CN2CCN4CCOC[C@@H]4C2)(OC)/C=C/C[C@H](C)C1)C[C@@]1(CCCc2cc(Cl)ccc21)CO3. The van der Waals surface area contributed by atoms with Crippen LogP contribution in [-0.4, -0.2) is 210 Å². The third-order valence-electron chi connectivity index (χ3n) is 25.7. The summed E-state index contributed by atoms with van der Waals surface area (Å²) in [6, 6.07) is 23.3. The molecule has 4 aliphatic carbocycles. The zero-order valence-corrected chi connectivity index (χ0v) is 70.0. The van der Waals surface area contributed by atoms with Crippen molar-refractivity contribution >= 4 is 84.3 Å². The molecule has 4 bridgehead atoms. The van der Waals surface area contributed by atoms with Crippen molar-refractivity contribution in [1.29, 1.82) is 0 Å². The number of methoxy groups -OCH3 is 4. The molecule has 0 radical (unpaired) electrons. The molecule has 4 aromatic carbocycles. The smallest absolute Gasteiger partial charge is 0.286 e. The lowest BCUT2D eigenvalue weighted by Gasteiger charge is -2.53. The molecular formula is C85H106Cl2N12O14S2. The molecule has 13 atom stereocenters. The minimum Gasteiger partial charge on any atom is -0.490 e. The fourth-order valence-electron chi connectivity index (χ4n) is 19.7. The van der Waals surface area contributed by atoms with E-state index in [4.69, 9.17) is 56.4 Å². The molecular weight excluding hydrogens is 1550 g/mol. The molecule has 6 aliphatic heterocycles. The number of hydrogen-bond donors (Lipinski definition) is 2. The normalized spacial score (nSPS) is 31.4. The maximum absolute atomic E-state index is 15.0. The number of morpholine rings is 1. The highest BCUT2D eigenvalue weighted by molar-refractivity contribution is 7.92. The van der Waals surface area contributed by atoms with E-state index in [1.165, 1.54) is 58.2 Å². The Morgan fingerprint density at radius 1 is 0.635 bits per heavy atom. The molecule has 2 spiro atoms. The highest BCUT2D eigenvalue weighted by Gasteiger charge is 2.53. The van der Waals surface area contributed by atoms with E-state index < -0.39 is 54.7 Å². The zero-order valence-electron chi connectivity index (χ0n) is 66.9. The topological polar surface area (TPSA) is 281 Å². The van der Waals surface area contributed by atoms with Crippen LogP contribution in [0.4, 0.5) is 11.4 Å². The Morgan fingerprint density at radius 2 is 1.15 bits per heavy atom. The van der Waals surface area contributed by atoms with E-state index in [9.17, 15) is 32.4 Å². The average Bonchev–Trinajstić information content (AvgIpc) is 1.69. The molecule has 10 aliphatic rings. The van der Waals surface area contributed by atoms with Crippen LogP contribution in [-0.2, 0) is 76.6 Å². The van der Waals surface area contributed by atoms with Crippen LogP contribution in [0.2, 0.25) is 10.0 Å². The number of halogens is 2. The lowest BCUT2D eigenvalue weighted by atomic mass is 9.63. The van der Waals surface area contributed by atoms with Gasteiger partial charge in [-0.15, -0.1) is 18.9 Å². The standard InChI is InChI=1S/C46H60ClN7O7S.C39H46ClN5O7S/c1-31-7-5-16-46(59-4,29-52-17-18-53-19-20-60-26-36(53)24-52)39-12-9-34(39)23-54-28-45(15-6-8-32-21-35(47)11-13-38(32)45)30-61-41-14-10-33(22-40(41)54)42(55)49-62(57,27-31)50-43(56)37-25-51(2)48-44(37)58-3;1-25-7-5-16-39(23-46,51-4)32-12-9-28(32)19-45-22-38(15-6-8-26-17-29(40)11-13-31(26)38)24-52-34-14-10-27(18-33(34)45)35(47)42-53(49,21-25)43-36(48)30-20-44(2)41-37(30)50-3/h5,10-11,13-14,16,21-22,25,31,34,36,39H,6-9,12,15,17-20,23-24,26-30H2,1-4H3,(H,49,50,55,56,57);5,10-11,13-14,16-18,20,23,25,28,32H,6-9,12,15,19,21-22,24H2,1-4H3,(H,42,43,47,48,49)/b2*16-5+/t31-,34-,36-,39+,45-,46+,62?;25-,28-,32+,38-,39+,53?/m00/s1. The summed E-state index contributed by atoms with van der Waals surface area (Å²) in [6.45, 7) is 13.5. The first kappa shape index (κ1) is 81.9. The molecule has 4 fully saturated rings. The second-order valence-corrected chi connectivity index (χ2v) is 38.4. The van der Waals surface area contributed by atoms with Gasteiger partial charge >= 0.3 is 0 Å². The number of rotatable bonds is 11. The van der Waals surface area contributed by atoms with E-state index >= 15 is 0 Å². The van der Waals surface area contributed by atoms with Crippen molar-refractivity contribution in [2.75, 3.05) is 135 Å². The van der Waals surface area contributed by atoms with Gasteiger partial charge in [-0.3, -0.25) is 52.6 Å². The number of piperazine rings is 1. The van der Waals surface area contributed by atoms with Crippen molar-refractivity contribution in [2.24, 2.45) is 58.3 Å². The van der Waals surface area contributed by atoms with E-state index in [0.29, 0.717) is 74.2 Å². The molecule has 616 valence electrons. The number of nitrogens with zero attached hydrogens (tertiary/aromatic N) is 10. The third kappa shape index (κ3) is 16.9. The van der Waals surface area contributed by atoms with Gasteiger partial charge in [0.15, 0.2) is 6.29 Å². The minimum atomic E-state index is -3.68. The van der Waals surface area contributed by atoms with Crippen molar-refractivity contribution in [3.8, 4) is 23.3 Å². The summed E-state index contributed by atoms with van der Waals surface area (Å²) in [5.41, 5.74) is 4.70. The number of anilines is 2. The number of amides is 4. The Labute approximate surface area is 684 Å². The summed E-state index contributed by atoms with van der Waals surface area (Å²) in [7, 11) is 2.16. The number of aromatic nitrogens is 4. The van der Waals surface area contributed by atoms with Crippen LogP contribution in [0.25, 0.3) is 0 Å². The number of fused-ring (bicyclic) bond motifs is 9. The Bertz CT molecular complexity index is 5050. The van der Waals surface area contributed by atoms with Crippen molar-refractivity contribution in [2.45, 2.75) is 119 Å². The number of aldehydes is 1. The zero-order chi connectivity index (χ0) is 80.8. The molecule has 26 nitrogen and oxygen atoms in total. The number of aryl methyl sites for hydroxylation is 4. The molecule has 115 heavy (non-hydrogen) atoms. The first-order valence-electron chi connectivity index (χ1n) is 40.2. The summed E-state index contributed by atoms with van der Waals surface area (Å²) >= 11 is 13.0. The molecule has 8 heterocycles. The first-order chi connectivity index (χ1) is 55.3. The van der Waals surface area contributed by atoms with Gasteiger partial charge in [0.2, 0.25) is 11.8 Å². The van der Waals surface area contributed by atoms with Gasteiger partial charge in [0.1, 0.15) is 53.7 Å². The average molecular weight is 1650 g/mol. The van der Waals surface area contributed by atoms with Crippen LogP contribution in [0.15, 0.2) is 118 Å². The molecule has 2 saturated heterocycles. The van der Waals surface area contributed by atoms with Crippen LogP contribution in [0.1, 0.15) is 142 Å². The van der Waals surface area contributed by atoms with E-state index in [1.807, 2.05) is 57.4 Å². The van der Waals surface area contributed by atoms with E-state index in [2.05, 4.69) is 84.4 Å². The van der Waals surface area contributed by atoms with Crippen LogP contribution >= 0.6 is 23.2 Å². The minimum absolute atomic E-state index is 0.0508. The molecule has 2 unspecified atom stereocenters. The summed E-state index contributed by atoms with van der Waals surface area (Å²) in [4.78, 5) is 78.4. The van der Waals surface area contributed by atoms with Gasteiger partial charge in [0, 0.05) is 144 Å². The summed E-state index contributed by atoms with van der Waals surface area (Å²) in [6.07, 6.45) is 22.4. The largest absolute Gasteiger partial charge is 0.490 e. The van der Waals surface area contributed by atoms with Gasteiger partial charge in [-0.25, -0.2) is 8.42 Å². The highest BCUT2D eigenvalue weighted by Crippen LogP contribution is 2.52. The van der Waals surface area contributed by atoms with Crippen molar-refractivity contribution in [3.05, 3.63) is 164 Å². The molecule has 6 aromatic rings.